The van der Waals surface area contributed by atoms with Crippen LogP contribution < -0.4 is 5.73 Å². The molecule has 0 amide bonds. The minimum Gasteiger partial charge on any atom is -0.339 e. The van der Waals surface area contributed by atoms with E-state index in [2.05, 4.69) is 17.1 Å². The highest BCUT2D eigenvalue weighted by atomic mass is 16.5. The second-order valence-electron chi connectivity index (χ2n) is 5.90. The van der Waals surface area contributed by atoms with Gasteiger partial charge in [0.1, 0.15) is 0 Å². The molecule has 1 aromatic heterocycles. The van der Waals surface area contributed by atoms with Crippen LogP contribution in [0.15, 0.2) is 4.52 Å². The molecule has 2 unspecified atom stereocenters. The molecule has 3 rings (SSSR count). The van der Waals surface area contributed by atoms with Crippen LogP contribution in [-0.4, -0.2) is 16.7 Å². The van der Waals surface area contributed by atoms with Crippen molar-refractivity contribution in [1.82, 2.24) is 10.1 Å². The molecular weight excluding hydrogens is 214 g/mol. The summed E-state index contributed by atoms with van der Waals surface area (Å²) in [5.74, 6) is 2.68. The number of rotatable bonds is 3. The molecule has 0 bridgehead atoms. The minimum absolute atomic E-state index is 0.203. The molecule has 2 atom stereocenters. The topological polar surface area (TPSA) is 64.9 Å². The van der Waals surface area contributed by atoms with Crippen LogP contribution in [0.5, 0.6) is 0 Å². The molecule has 2 aliphatic rings. The van der Waals surface area contributed by atoms with E-state index in [1.54, 1.807) is 0 Å². The van der Waals surface area contributed by atoms with Crippen LogP contribution in [0.4, 0.5) is 0 Å². The van der Waals surface area contributed by atoms with Gasteiger partial charge in [-0.15, -0.1) is 0 Å². The Labute approximate surface area is 102 Å². The molecular formula is C13H21N3O. The lowest BCUT2D eigenvalue weighted by atomic mass is 9.79. The summed E-state index contributed by atoms with van der Waals surface area (Å²) in [7, 11) is 0. The van der Waals surface area contributed by atoms with E-state index in [1.165, 1.54) is 32.1 Å². The van der Waals surface area contributed by atoms with Crippen molar-refractivity contribution in [3.63, 3.8) is 0 Å². The molecule has 2 N–H and O–H groups in total. The van der Waals surface area contributed by atoms with Gasteiger partial charge in [0.25, 0.3) is 0 Å². The van der Waals surface area contributed by atoms with E-state index >= 15 is 0 Å². The van der Waals surface area contributed by atoms with Crippen molar-refractivity contribution in [3.8, 4) is 0 Å². The highest BCUT2D eigenvalue weighted by Crippen LogP contribution is 2.47. The first-order valence-corrected chi connectivity index (χ1v) is 6.77. The maximum atomic E-state index is 5.85. The fourth-order valence-corrected chi connectivity index (χ4v) is 2.86. The van der Waals surface area contributed by atoms with Gasteiger partial charge in [-0.1, -0.05) is 24.9 Å². The van der Waals surface area contributed by atoms with Crippen LogP contribution in [0, 0.1) is 5.92 Å². The van der Waals surface area contributed by atoms with E-state index in [-0.39, 0.29) is 5.41 Å². The van der Waals surface area contributed by atoms with Gasteiger partial charge < -0.3 is 10.3 Å². The fraction of sp³-hybridized carbons (Fsp3) is 0.846. The van der Waals surface area contributed by atoms with Crippen molar-refractivity contribution >= 4 is 0 Å². The summed E-state index contributed by atoms with van der Waals surface area (Å²) >= 11 is 0. The Kier molecular flexibility index (Phi) is 2.69. The first kappa shape index (κ1) is 11.2. The molecule has 94 valence electrons. The molecule has 4 heteroatoms. The van der Waals surface area contributed by atoms with E-state index in [1.807, 2.05) is 0 Å². The predicted molar refractivity (Wildman–Crippen MR) is 64.6 cm³/mol. The van der Waals surface area contributed by atoms with Gasteiger partial charge in [-0.25, -0.2) is 0 Å². The zero-order valence-corrected chi connectivity index (χ0v) is 10.5. The smallest absolute Gasteiger partial charge is 0.230 e. The summed E-state index contributed by atoms with van der Waals surface area (Å²) < 4.78 is 5.49. The first-order valence-electron chi connectivity index (χ1n) is 6.77. The third-order valence-corrected chi connectivity index (χ3v) is 4.51. The lowest BCUT2D eigenvalue weighted by Gasteiger charge is -2.27. The third-order valence-electron chi connectivity index (χ3n) is 4.51. The predicted octanol–water partition coefficient (Wildman–Crippen LogP) is 2.35. The Morgan fingerprint density at radius 1 is 1.35 bits per heavy atom. The van der Waals surface area contributed by atoms with Gasteiger partial charge in [-0.2, -0.15) is 4.98 Å². The zero-order valence-electron chi connectivity index (χ0n) is 10.5. The maximum Gasteiger partial charge on any atom is 0.230 e. The van der Waals surface area contributed by atoms with Crippen molar-refractivity contribution in [2.24, 2.45) is 11.7 Å². The summed E-state index contributed by atoms with van der Waals surface area (Å²) in [5.41, 5.74) is 6.05. The van der Waals surface area contributed by atoms with Gasteiger partial charge in [0.2, 0.25) is 5.89 Å². The van der Waals surface area contributed by atoms with Crippen molar-refractivity contribution < 1.29 is 4.52 Å². The van der Waals surface area contributed by atoms with Gasteiger partial charge in [0.05, 0.1) is 0 Å². The van der Waals surface area contributed by atoms with Crippen LogP contribution in [0.2, 0.25) is 0 Å². The summed E-state index contributed by atoms with van der Waals surface area (Å²) in [6.45, 7) is 2.95. The second kappa shape index (κ2) is 4.09. The van der Waals surface area contributed by atoms with Crippen LogP contribution >= 0.6 is 0 Å². The van der Waals surface area contributed by atoms with E-state index in [9.17, 15) is 0 Å². The van der Waals surface area contributed by atoms with Gasteiger partial charge in [0, 0.05) is 11.3 Å². The van der Waals surface area contributed by atoms with Crippen LogP contribution in [0.1, 0.15) is 63.1 Å². The Balaban J connectivity index is 1.80. The number of hydrogen-bond donors (Lipinski definition) is 1. The lowest BCUT2D eigenvalue weighted by molar-refractivity contribution is 0.248. The molecule has 2 aliphatic carbocycles. The first-order chi connectivity index (χ1) is 8.23. The molecule has 0 saturated heterocycles. The van der Waals surface area contributed by atoms with E-state index in [0.717, 1.165) is 24.7 Å². The van der Waals surface area contributed by atoms with E-state index in [0.29, 0.717) is 11.8 Å². The molecule has 2 saturated carbocycles. The third kappa shape index (κ3) is 1.99. The minimum atomic E-state index is 0.203. The standard InChI is InChI=1S/C13H21N3O/c1-13(6-7-13)12-15-11(17-16-12)10-5-3-2-4-9(10)8-14/h9-10H,2-8,14H2,1H3. The van der Waals surface area contributed by atoms with Gasteiger partial charge in [0.15, 0.2) is 5.82 Å². The SMILES string of the molecule is CC1(c2noc(C3CCCCC3CN)n2)CC1. The molecule has 0 spiro atoms. The second-order valence-corrected chi connectivity index (χ2v) is 5.90. The van der Waals surface area contributed by atoms with E-state index < -0.39 is 0 Å². The Bertz CT molecular complexity index is 397. The van der Waals surface area contributed by atoms with Crippen molar-refractivity contribution in [2.45, 2.75) is 56.8 Å². The summed E-state index contributed by atoms with van der Waals surface area (Å²) in [4.78, 5) is 4.63. The molecule has 0 aliphatic heterocycles. The maximum absolute atomic E-state index is 5.85. The Morgan fingerprint density at radius 2 is 2.12 bits per heavy atom. The molecule has 2 fully saturated rings. The average Bonchev–Trinajstić information content (AvgIpc) is 2.94. The van der Waals surface area contributed by atoms with Gasteiger partial charge in [-0.05, 0) is 38.1 Å². The summed E-state index contributed by atoms with van der Waals surface area (Å²) in [5, 5.41) is 4.17. The number of aromatic nitrogens is 2. The highest BCUT2D eigenvalue weighted by molar-refractivity contribution is 5.15. The quantitative estimate of drug-likeness (QED) is 0.873. The van der Waals surface area contributed by atoms with Crippen molar-refractivity contribution in [1.29, 1.82) is 0 Å². The highest BCUT2D eigenvalue weighted by Gasteiger charge is 2.44. The zero-order chi connectivity index (χ0) is 11.9. The average molecular weight is 235 g/mol. The van der Waals surface area contributed by atoms with Crippen LogP contribution in [0.3, 0.4) is 0 Å². The molecule has 4 nitrogen and oxygen atoms in total. The van der Waals surface area contributed by atoms with Crippen molar-refractivity contribution in [3.05, 3.63) is 11.7 Å². The summed E-state index contributed by atoms with van der Waals surface area (Å²) in [6.07, 6.45) is 7.29. The van der Waals surface area contributed by atoms with Gasteiger partial charge in [-0.3, -0.25) is 0 Å². The number of nitrogens with two attached hydrogens (primary N) is 1. The monoisotopic (exact) mass is 235 g/mol. The molecule has 1 heterocycles. The number of nitrogens with zero attached hydrogens (tertiary/aromatic N) is 2. The normalized spacial score (nSPS) is 31.4. The van der Waals surface area contributed by atoms with E-state index in [4.69, 9.17) is 10.3 Å². The largest absolute Gasteiger partial charge is 0.339 e. The molecule has 17 heavy (non-hydrogen) atoms. The Hall–Kier alpha value is -0.900. The number of hydrogen-bond acceptors (Lipinski definition) is 4. The fourth-order valence-electron chi connectivity index (χ4n) is 2.86. The van der Waals surface area contributed by atoms with Gasteiger partial charge >= 0.3 is 0 Å². The molecule has 1 aromatic rings. The van der Waals surface area contributed by atoms with Crippen LogP contribution in [-0.2, 0) is 5.41 Å². The lowest BCUT2D eigenvalue weighted by Crippen LogP contribution is -2.25. The Morgan fingerprint density at radius 3 is 2.82 bits per heavy atom. The summed E-state index contributed by atoms with van der Waals surface area (Å²) in [6, 6.07) is 0. The molecule has 0 aromatic carbocycles. The van der Waals surface area contributed by atoms with Crippen LogP contribution in [0.25, 0.3) is 0 Å². The van der Waals surface area contributed by atoms with Crippen molar-refractivity contribution in [2.75, 3.05) is 6.54 Å². The molecule has 0 radical (unpaired) electrons.